The minimum absolute atomic E-state index is 0.110. The minimum Gasteiger partial charge on any atom is -0.490 e. The monoisotopic (exact) mass is 313 g/mol. The molecule has 0 saturated carbocycles. The van der Waals surface area contributed by atoms with E-state index in [0.717, 1.165) is 12.8 Å². The first kappa shape index (κ1) is 17.6. The zero-order valence-corrected chi connectivity index (χ0v) is 13.7. The molecule has 0 aromatic heterocycles. The SMILES string of the molecule is CCOc1ccc(C(=O)NCCCC(C)Cl)cc1OCC. The molecular formula is C16H24ClNO3. The van der Waals surface area contributed by atoms with Gasteiger partial charge in [0.25, 0.3) is 5.91 Å². The van der Waals surface area contributed by atoms with E-state index < -0.39 is 0 Å². The van der Waals surface area contributed by atoms with Gasteiger partial charge in [0.1, 0.15) is 0 Å². The fourth-order valence-corrected chi connectivity index (χ4v) is 2.03. The molecule has 0 aliphatic carbocycles. The van der Waals surface area contributed by atoms with Crippen LogP contribution < -0.4 is 14.8 Å². The minimum atomic E-state index is -0.110. The summed E-state index contributed by atoms with van der Waals surface area (Å²) in [6, 6.07) is 5.23. The Bertz CT molecular complexity index is 449. The molecule has 0 saturated heterocycles. The summed E-state index contributed by atoms with van der Waals surface area (Å²) in [5.74, 6) is 1.15. The van der Waals surface area contributed by atoms with Crippen LogP contribution in [0.2, 0.25) is 0 Å². The smallest absolute Gasteiger partial charge is 0.251 e. The van der Waals surface area contributed by atoms with Gasteiger partial charge in [-0.25, -0.2) is 0 Å². The Morgan fingerprint density at radius 2 is 1.90 bits per heavy atom. The highest BCUT2D eigenvalue weighted by atomic mass is 35.5. The second-order valence-corrected chi connectivity index (χ2v) is 5.45. The molecule has 1 rings (SSSR count). The summed E-state index contributed by atoms with van der Waals surface area (Å²) in [5, 5.41) is 3.02. The molecule has 21 heavy (non-hydrogen) atoms. The Hall–Kier alpha value is -1.42. The van der Waals surface area contributed by atoms with Crippen LogP contribution >= 0.6 is 11.6 Å². The van der Waals surface area contributed by atoms with Gasteiger partial charge < -0.3 is 14.8 Å². The van der Waals surface area contributed by atoms with Gasteiger partial charge in [0.15, 0.2) is 11.5 Å². The summed E-state index contributed by atoms with van der Waals surface area (Å²) in [4.78, 5) is 12.1. The Morgan fingerprint density at radius 3 is 2.52 bits per heavy atom. The number of alkyl halides is 1. The van der Waals surface area contributed by atoms with Gasteiger partial charge >= 0.3 is 0 Å². The molecule has 4 nitrogen and oxygen atoms in total. The molecule has 1 atom stereocenters. The van der Waals surface area contributed by atoms with Crippen LogP contribution in [0.15, 0.2) is 18.2 Å². The van der Waals surface area contributed by atoms with E-state index in [1.165, 1.54) is 0 Å². The lowest BCUT2D eigenvalue weighted by Crippen LogP contribution is -2.24. The number of carbonyl (C=O) groups excluding carboxylic acids is 1. The quantitative estimate of drug-likeness (QED) is 0.559. The average molecular weight is 314 g/mol. The highest BCUT2D eigenvalue weighted by Gasteiger charge is 2.11. The maximum Gasteiger partial charge on any atom is 0.251 e. The number of benzene rings is 1. The van der Waals surface area contributed by atoms with E-state index in [4.69, 9.17) is 21.1 Å². The van der Waals surface area contributed by atoms with Gasteiger partial charge in [0.2, 0.25) is 0 Å². The van der Waals surface area contributed by atoms with Crippen LogP contribution in [0.25, 0.3) is 0 Å². The highest BCUT2D eigenvalue weighted by molar-refractivity contribution is 6.20. The lowest BCUT2D eigenvalue weighted by Gasteiger charge is -2.12. The van der Waals surface area contributed by atoms with Crippen LogP contribution in [-0.2, 0) is 0 Å². The number of hydrogen-bond acceptors (Lipinski definition) is 3. The Balaban J connectivity index is 2.64. The Labute approximate surface area is 131 Å². The van der Waals surface area contributed by atoms with E-state index in [0.29, 0.717) is 36.8 Å². The topological polar surface area (TPSA) is 47.6 Å². The second-order valence-electron chi connectivity index (χ2n) is 4.71. The maximum atomic E-state index is 12.1. The summed E-state index contributed by atoms with van der Waals surface area (Å²) in [6.45, 7) is 7.46. The van der Waals surface area contributed by atoms with Crippen molar-refractivity contribution in [3.8, 4) is 11.5 Å². The van der Waals surface area contributed by atoms with Crippen molar-refractivity contribution in [3.05, 3.63) is 23.8 Å². The summed E-state index contributed by atoms with van der Waals surface area (Å²) < 4.78 is 11.0. The first-order valence-electron chi connectivity index (χ1n) is 7.40. The van der Waals surface area contributed by atoms with Crippen molar-refractivity contribution in [1.29, 1.82) is 0 Å². The van der Waals surface area contributed by atoms with Gasteiger partial charge in [-0.1, -0.05) is 0 Å². The number of amides is 1. The number of ether oxygens (including phenoxy) is 2. The molecule has 1 aromatic rings. The van der Waals surface area contributed by atoms with E-state index in [2.05, 4.69) is 5.32 Å². The molecule has 1 amide bonds. The molecular weight excluding hydrogens is 290 g/mol. The predicted octanol–water partition coefficient (Wildman–Crippen LogP) is 3.62. The molecule has 0 heterocycles. The fourth-order valence-electron chi connectivity index (χ4n) is 1.88. The van der Waals surface area contributed by atoms with Crippen LogP contribution in [0.1, 0.15) is 44.0 Å². The number of hydrogen-bond donors (Lipinski definition) is 1. The van der Waals surface area contributed by atoms with Gasteiger partial charge in [-0.2, -0.15) is 0 Å². The van der Waals surface area contributed by atoms with E-state index in [1.54, 1.807) is 18.2 Å². The number of halogens is 1. The third kappa shape index (κ3) is 6.25. The molecule has 0 radical (unpaired) electrons. The molecule has 1 unspecified atom stereocenters. The molecule has 0 bridgehead atoms. The van der Waals surface area contributed by atoms with Crippen molar-refractivity contribution in [2.75, 3.05) is 19.8 Å². The number of rotatable bonds is 9. The zero-order chi connectivity index (χ0) is 15.7. The maximum absolute atomic E-state index is 12.1. The number of nitrogens with one attached hydrogen (secondary N) is 1. The largest absolute Gasteiger partial charge is 0.490 e. The molecule has 1 aromatic carbocycles. The van der Waals surface area contributed by atoms with Gasteiger partial charge in [-0.05, 0) is 51.8 Å². The van der Waals surface area contributed by atoms with Crippen molar-refractivity contribution in [3.63, 3.8) is 0 Å². The molecule has 0 aliphatic heterocycles. The van der Waals surface area contributed by atoms with Crippen molar-refractivity contribution in [2.45, 2.75) is 39.0 Å². The molecule has 0 aliphatic rings. The van der Waals surface area contributed by atoms with Gasteiger partial charge in [-0.15, -0.1) is 11.6 Å². The van der Waals surface area contributed by atoms with Gasteiger partial charge in [-0.3, -0.25) is 4.79 Å². The van der Waals surface area contributed by atoms with Crippen molar-refractivity contribution in [1.82, 2.24) is 5.32 Å². The molecule has 1 N–H and O–H groups in total. The van der Waals surface area contributed by atoms with Crippen LogP contribution in [0.3, 0.4) is 0 Å². The summed E-state index contributed by atoms with van der Waals surface area (Å²) in [7, 11) is 0. The van der Waals surface area contributed by atoms with E-state index in [1.807, 2.05) is 20.8 Å². The first-order chi connectivity index (χ1) is 10.1. The molecule has 118 valence electrons. The van der Waals surface area contributed by atoms with Crippen LogP contribution in [-0.4, -0.2) is 31.0 Å². The van der Waals surface area contributed by atoms with Gasteiger partial charge in [0, 0.05) is 17.5 Å². The number of carbonyl (C=O) groups is 1. The first-order valence-corrected chi connectivity index (χ1v) is 7.84. The Kier molecular flexibility index (Phi) is 7.98. The van der Waals surface area contributed by atoms with Crippen molar-refractivity contribution >= 4 is 17.5 Å². The van der Waals surface area contributed by atoms with Crippen LogP contribution in [0, 0.1) is 0 Å². The lowest BCUT2D eigenvalue weighted by atomic mass is 10.2. The standard InChI is InChI=1S/C16H24ClNO3/c1-4-20-14-9-8-13(11-15(14)21-5-2)16(19)18-10-6-7-12(3)17/h8-9,11-12H,4-7,10H2,1-3H3,(H,18,19). The van der Waals surface area contributed by atoms with Crippen LogP contribution in [0.4, 0.5) is 0 Å². The van der Waals surface area contributed by atoms with E-state index in [9.17, 15) is 4.79 Å². The fraction of sp³-hybridized carbons (Fsp3) is 0.562. The molecule has 5 heteroatoms. The normalized spacial score (nSPS) is 11.8. The van der Waals surface area contributed by atoms with Crippen molar-refractivity contribution in [2.24, 2.45) is 0 Å². The summed E-state index contributed by atoms with van der Waals surface area (Å²) in [6.07, 6.45) is 1.75. The van der Waals surface area contributed by atoms with Gasteiger partial charge in [0.05, 0.1) is 13.2 Å². The van der Waals surface area contributed by atoms with E-state index >= 15 is 0 Å². The average Bonchev–Trinajstić information content (AvgIpc) is 2.45. The summed E-state index contributed by atoms with van der Waals surface area (Å²) in [5.41, 5.74) is 0.570. The third-order valence-corrected chi connectivity index (χ3v) is 3.09. The molecule has 0 spiro atoms. The van der Waals surface area contributed by atoms with Crippen LogP contribution in [0.5, 0.6) is 11.5 Å². The molecule has 0 fully saturated rings. The second kappa shape index (κ2) is 9.50. The van der Waals surface area contributed by atoms with Crippen molar-refractivity contribution < 1.29 is 14.3 Å². The Morgan fingerprint density at radius 1 is 1.24 bits per heavy atom. The van der Waals surface area contributed by atoms with E-state index in [-0.39, 0.29) is 11.3 Å². The summed E-state index contributed by atoms with van der Waals surface area (Å²) >= 11 is 5.87. The highest BCUT2D eigenvalue weighted by Crippen LogP contribution is 2.28. The third-order valence-electron chi connectivity index (χ3n) is 2.87. The predicted molar refractivity (Wildman–Crippen MR) is 85.7 cm³/mol. The lowest BCUT2D eigenvalue weighted by molar-refractivity contribution is 0.0952. The zero-order valence-electron chi connectivity index (χ0n) is 12.9.